The molecule has 3 aromatic rings. The molecule has 2 N–H and O–H groups in total. The molecule has 41 heavy (non-hydrogen) atoms. The molecular weight excluding hydrogens is 534 g/mol. The van der Waals surface area contributed by atoms with Crippen molar-refractivity contribution in [2.24, 2.45) is 12.5 Å². The van der Waals surface area contributed by atoms with Crippen LogP contribution in [-0.4, -0.2) is 62.9 Å². The smallest absolute Gasteiger partial charge is 0.228 e. The Kier molecular flexibility index (Phi) is 7.22. The number of nitrogens with zero attached hydrogens (tertiary/aromatic N) is 4. The number of piperidine rings is 1. The van der Waals surface area contributed by atoms with Crippen LogP contribution in [0.4, 0.5) is 11.6 Å². The fourth-order valence-electron chi connectivity index (χ4n) is 7.39. The van der Waals surface area contributed by atoms with E-state index in [2.05, 4.69) is 28.6 Å². The molecule has 3 fully saturated rings. The van der Waals surface area contributed by atoms with Crippen molar-refractivity contribution in [3.05, 3.63) is 41.7 Å². The Hall–Kier alpha value is -2.49. The predicted octanol–water partition coefficient (Wildman–Crippen LogP) is 5.86. The van der Waals surface area contributed by atoms with Crippen LogP contribution in [0.25, 0.3) is 11.0 Å². The Morgan fingerprint density at radius 3 is 2.37 bits per heavy atom. The van der Waals surface area contributed by atoms with E-state index in [1.165, 1.54) is 0 Å². The lowest BCUT2D eigenvalue weighted by Gasteiger charge is -2.52. The quantitative estimate of drug-likeness (QED) is 0.378. The highest BCUT2D eigenvalue weighted by Crippen LogP contribution is 2.53. The third kappa shape index (κ3) is 5.41. The highest BCUT2D eigenvalue weighted by Gasteiger charge is 2.51. The zero-order valence-corrected chi connectivity index (χ0v) is 26.0. The predicted molar refractivity (Wildman–Crippen MR) is 163 cm³/mol. The van der Waals surface area contributed by atoms with Crippen molar-refractivity contribution >= 4 is 32.5 Å². The minimum absolute atomic E-state index is 0.207. The van der Waals surface area contributed by atoms with Crippen molar-refractivity contribution in [1.82, 2.24) is 19.4 Å². The maximum atomic E-state index is 13.6. The maximum Gasteiger partial charge on any atom is 0.228 e. The summed E-state index contributed by atoms with van der Waals surface area (Å²) in [5.41, 5.74) is 4.19. The molecular formula is C32H45N5O3S. The highest BCUT2D eigenvalue weighted by atomic mass is 32.2. The van der Waals surface area contributed by atoms with E-state index >= 15 is 0 Å². The number of benzene rings is 1. The van der Waals surface area contributed by atoms with Gasteiger partial charge in [0.1, 0.15) is 0 Å². The van der Waals surface area contributed by atoms with Gasteiger partial charge in [-0.05, 0) is 127 Å². The number of fused-ring (bicyclic) bond motifs is 1. The number of hydrogen-bond acceptors (Lipinski definition) is 7. The molecule has 0 unspecified atom stereocenters. The maximum absolute atomic E-state index is 13.6. The Labute approximate surface area is 244 Å². The number of rotatable bonds is 6. The molecule has 2 aliphatic carbocycles. The molecule has 1 saturated heterocycles. The first kappa shape index (κ1) is 28.6. The van der Waals surface area contributed by atoms with Gasteiger partial charge in [-0.3, -0.25) is 0 Å². The van der Waals surface area contributed by atoms with Crippen LogP contribution in [-0.2, 0) is 16.9 Å². The summed E-state index contributed by atoms with van der Waals surface area (Å²) < 4.78 is 29.2. The second kappa shape index (κ2) is 10.3. The van der Waals surface area contributed by atoms with Crippen LogP contribution >= 0.6 is 0 Å². The van der Waals surface area contributed by atoms with Gasteiger partial charge in [-0.2, -0.15) is 0 Å². The van der Waals surface area contributed by atoms with E-state index in [0.717, 1.165) is 92.4 Å². The lowest BCUT2D eigenvalue weighted by molar-refractivity contribution is 0.0169. The van der Waals surface area contributed by atoms with Crippen LogP contribution in [0.5, 0.6) is 0 Å². The summed E-state index contributed by atoms with van der Waals surface area (Å²) in [5.74, 6) is 0.773. The average molecular weight is 580 g/mol. The molecule has 3 heterocycles. The molecule has 9 heteroatoms. The number of nitrogens with one attached hydrogen (secondary N) is 1. The fourth-order valence-corrected chi connectivity index (χ4v) is 9.52. The van der Waals surface area contributed by atoms with Gasteiger partial charge in [-0.15, -0.1) is 0 Å². The summed E-state index contributed by atoms with van der Waals surface area (Å²) in [6.45, 7) is 10.5. The lowest BCUT2D eigenvalue weighted by Crippen LogP contribution is -2.52. The van der Waals surface area contributed by atoms with Crippen molar-refractivity contribution in [2.75, 3.05) is 18.4 Å². The van der Waals surface area contributed by atoms with Gasteiger partial charge in [0.25, 0.3) is 0 Å². The van der Waals surface area contributed by atoms with Gasteiger partial charge >= 0.3 is 0 Å². The number of likely N-dealkylation sites (tertiary alicyclic amines) is 1. The first-order valence-corrected chi connectivity index (χ1v) is 16.8. The van der Waals surface area contributed by atoms with Crippen LogP contribution in [0.15, 0.2) is 35.4 Å². The first-order chi connectivity index (χ1) is 19.4. The first-order valence-electron chi connectivity index (χ1n) is 15.3. The molecule has 1 aliphatic heterocycles. The molecule has 2 aromatic heterocycles. The number of aryl methyl sites for hydroxylation is 2. The Bertz CT molecular complexity index is 1530. The SMILES string of the molecule is Cc1cc(S(=O)(=O)C2CC3(CCN(C(C)C)CC3)C2)ccc1Nc1nc(C2CCC(C)(O)CC2)c2c(ccn2C)n1. The van der Waals surface area contributed by atoms with Crippen LogP contribution < -0.4 is 5.32 Å². The third-order valence-corrected chi connectivity index (χ3v) is 12.4. The summed E-state index contributed by atoms with van der Waals surface area (Å²) in [4.78, 5) is 12.7. The van der Waals surface area contributed by atoms with E-state index in [1.807, 2.05) is 39.2 Å². The Balaban J connectivity index is 1.19. The zero-order chi connectivity index (χ0) is 29.2. The second-order valence-corrected chi connectivity index (χ2v) is 15.9. The van der Waals surface area contributed by atoms with Crippen molar-refractivity contribution in [3.8, 4) is 0 Å². The molecule has 8 nitrogen and oxygen atoms in total. The van der Waals surface area contributed by atoms with Gasteiger partial charge in [-0.25, -0.2) is 18.4 Å². The summed E-state index contributed by atoms with van der Waals surface area (Å²) in [7, 11) is -1.36. The van der Waals surface area contributed by atoms with Crippen LogP contribution in [0.3, 0.4) is 0 Å². The second-order valence-electron chi connectivity index (χ2n) is 13.7. The highest BCUT2D eigenvalue weighted by molar-refractivity contribution is 7.92. The van der Waals surface area contributed by atoms with Gasteiger partial charge < -0.3 is 19.9 Å². The standard InChI is InChI=1S/C32H45N5O3S/c1-21(2)37-16-13-32(14-17-37)19-25(20-32)41(39,40)24-6-7-26(22(3)18-24)33-30-34-27-10-15-36(5)29(27)28(35-30)23-8-11-31(4,38)12-9-23/h6-7,10,15,18,21,23,25,38H,8-9,11-14,16-17,19-20H2,1-5H3,(H,33,34,35). The van der Waals surface area contributed by atoms with Gasteiger partial charge in [0, 0.05) is 30.9 Å². The normalized spacial score (nSPS) is 25.6. The minimum atomic E-state index is -3.37. The molecule has 3 aliphatic rings. The molecule has 1 spiro atoms. The van der Waals surface area contributed by atoms with Gasteiger partial charge in [-0.1, -0.05) is 0 Å². The monoisotopic (exact) mass is 579 g/mol. The summed E-state index contributed by atoms with van der Waals surface area (Å²) in [6.07, 6.45) is 9.05. The van der Waals surface area contributed by atoms with Crippen molar-refractivity contribution < 1.29 is 13.5 Å². The zero-order valence-electron chi connectivity index (χ0n) is 25.2. The van der Waals surface area contributed by atoms with Crippen LogP contribution in [0, 0.1) is 12.3 Å². The average Bonchev–Trinajstić information content (AvgIpc) is 3.28. The van der Waals surface area contributed by atoms with E-state index in [-0.39, 0.29) is 16.6 Å². The van der Waals surface area contributed by atoms with Gasteiger partial charge in [0.2, 0.25) is 5.95 Å². The summed E-state index contributed by atoms with van der Waals surface area (Å²) in [6, 6.07) is 7.95. The number of aliphatic hydroxyl groups is 1. The van der Waals surface area contributed by atoms with Crippen molar-refractivity contribution in [3.63, 3.8) is 0 Å². The van der Waals surface area contributed by atoms with Crippen molar-refractivity contribution in [1.29, 1.82) is 0 Å². The minimum Gasteiger partial charge on any atom is -0.390 e. The number of sulfone groups is 1. The van der Waals surface area contributed by atoms with Crippen LogP contribution in [0.2, 0.25) is 0 Å². The van der Waals surface area contributed by atoms with Gasteiger partial charge in [0.05, 0.1) is 32.5 Å². The number of aromatic nitrogens is 3. The third-order valence-electron chi connectivity index (χ3n) is 10.3. The lowest BCUT2D eigenvalue weighted by atomic mass is 9.63. The molecule has 222 valence electrons. The molecule has 0 atom stereocenters. The summed E-state index contributed by atoms with van der Waals surface area (Å²) in [5, 5.41) is 13.6. The summed E-state index contributed by atoms with van der Waals surface area (Å²) >= 11 is 0. The molecule has 1 aromatic carbocycles. The number of hydrogen-bond donors (Lipinski definition) is 2. The topological polar surface area (TPSA) is 100 Å². The molecule has 6 rings (SSSR count). The van der Waals surface area contributed by atoms with E-state index in [1.54, 1.807) is 12.1 Å². The van der Waals surface area contributed by atoms with E-state index in [4.69, 9.17) is 9.97 Å². The Morgan fingerprint density at radius 1 is 1.05 bits per heavy atom. The van der Waals surface area contributed by atoms with E-state index in [9.17, 15) is 13.5 Å². The molecule has 0 bridgehead atoms. The fraction of sp³-hybridized carbons (Fsp3) is 0.625. The molecule has 0 amide bonds. The van der Waals surface area contributed by atoms with Crippen LogP contribution in [0.1, 0.15) is 89.3 Å². The van der Waals surface area contributed by atoms with E-state index < -0.39 is 15.4 Å². The molecule has 2 saturated carbocycles. The Morgan fingerprint density at radius 2 is 1.73 bits per heavy atom. The number of anilines is 2. The largest absolute Gasteiger partial charge is 0.390 e. The molecule has 0 radical (unpaired) electrons. The van der Waals surface area contributed by atoms with Gasteiger partial charge in [0.15, 0.2) is 9.84 Å². The van der Waals surface area contributed by atoms with E-state index in [0.29, 0.717) is 16.9 Å². The van der Waals surface area contributed by atoms with Crippen molar-refractivity contribution in [2.45, 2.75) is 107 Å².